The number of nitriles is 1. The first-order valence-electron chi connectivity index (χ1n) is 6.07. The van der Waals surface area contributed by atoms with E-state index in [1.165, 1.54) is 30.3 Å². The maximum absolute atomic E-state index is 12.2. The van der Waals surface area contributed by atoms with Crippen LogP contribution in [0.15, 0.2) is 53.4 Å². The van der Waals surface area contributed by atoms with Crippen LogP contribution in [0.5, 0.6) is 0 Å². The largest absolute Gasteiger partial charge is 0.268 e. The average molecular weight is 300 g/mol. The van der Waals surface area contributed by atoms with Crippen molar-refractivity contribution in [2.24, 2.45) is 0 Å². The van der Waals surface area contributed by atoms with Gasteiger partial charge in [-0.15, -0.1) is 0 Å². The minimum absolute atomic E-state index is 0.0620. The third-order valence-corrected chi connectivity index (χ3v) is 4.38. The molecule has 0 radical (unpaired) electrons. The molecule has 2 aromatic carbocycles. The van der Waals surface area contributed by atoms with Gasteiger partial charge in [0.1, 0.15) is 0 Å². The molecule has 21 heavy (non-hydrogen) atoms. The predicted molar refractivity (Wildman–Crippen MR) is 77.0 cm³/mol. The topological polar surface area (TPSA) is 87.0 Å². The van der Waals surface area contributed by atoms with E-state index in [0.29, 0.717) is 11.1 Å². The van der Waals surface area contributed by atoms with Crippen molar-refractivity contribution in [3.8, 4) is 6.07 Å². The van der Waals surface area contributed by atoms with E-state index in [2.05, 4.69) is 0 Å². The molecule has 0 aliphatic heterocycles. The van der Waals surface area contributed by atoms with Gasteiger partial charge in [-0.3, -0.25) is 4.79 Å². The molecule has 2 aromatic rings. The minimum atomic E-state index is -3.92. The van der Waals surface area contributed by atoms with Crippen molar-refractivity contribution >= 4 is 15.9 Å². The molecule has 0 spiro atoms. The molecular weight excluding hydrogens is 288 g/mol. The van der Waals surface area contributed by atoms with Crippen LogP contribution in [-0.2, 0) is 10.0 Å². The minimum Gasteiger partial charge on any atom is -0.268 e. The molecule has 1 amide bonds. The van der Waals surface area contributed by atoms with Gasteiger partial charge in [0.25, 0.3) is 15.9 Å². The molecule has 0 fully saturated rings. The van der Waals surface area contributed by atoms with Crippen LogP contribution in [0.4, 0.5) is 0 Å². The maximum atomic E-state index is 12.2. The van der Waals surface area contributed by atoms with E-state index in [1.807, 2.05) is 10.8 Å². The number of sulfonamides is 1. The number of aryl methyl sites for hydroxylation is 1. The first-order chi connectivity index (χ1) is 9.94. The van der Waals surface area contributed by atoms with Gasteiger partial charge in [0.2, 0.25) is 0 Å². The summed E-state index contributed by atoms with van der Waals surface area (Å²) in [5.41, 5.74) is 1.12. The fourth-order valence-corrected chi connectivity index (χ4v) is 3.01. The van der Waals surface area contributed by atoms with Crippen LogP contribution in [0, 0.1) is 18.3 Å². The molecule has 0 aromatic heterocycles. The molecule has 0 unspecified atom stereocenters. The lowest BCUT2D eigenvalue weighted by atomic mass is 10.1. The SMILES string of the molecule is Cc1ccccc1S(=O)(=O)NC(=O)c1ccc(C#N)cc1. The summed E-state index contributed by atoms with van der Waals surface area (Å²) in [6, 6.07) is 14.0. The van der Waals surface area contributed by atoms with Gasteiger partial charge in [-0.1, -0.05) is 18.2 Å². The van der Waals surface area contributed by atoms with Crippen molar-refractivity contribution in [2.45, 2.75) is 11.8 Å². The van der Waals surface area contributed by atoms with E-state index in [9.17, 15) is 13.2 Å². The van der Waals surface area contributed by atoms with Crippen molar-refractivity contribution in [1.82, 2.24) is 4.72 Å². The van der Waals surface area contributed by atoms with Gasteiger partial charge in [0, 0.05) is 5.56 Å². The lowest BCUT2D eigenvalue weighted by molar-refractivity contribution is 0.0981. The third-order valence-electron chi connectivity index (χ3n) is 2.89. The number of carbonyl (C=O) groups excluding carboxylic acids is 1. The number of benzene rings is 2. The summed E-state index contributed by atoms with van der Waals surface area (Å²) in [4.78, 5) is 12.0. The standard InChI is InChI=1S/C15H12N2O3S/c1-11-4-2-3-5-14(11)21(19,20)17-15(18)13-8-6-12(10-16)7-9-13/h2-9H,1H3,(H,17,18). The van der Waals surface area contributed by atoms with Gasteiger partial charge >= 0.3 is 0 Å². The maximum Gasteiger partial charge on any atom is 0.264 e. The molecule has 1 N–H and O–H groups in total. The fourth-order valence-electron chi connectivity index (χ4n) is 1.79. The Labute approximate surface area is 122 Å². The molecule has 106 valence electrons. The first kappa shape index (κ1) is 14.8. The van der Waals surface area contributed by atoms with E-state index in [0.717, 1.165) is 0 Å². The average Bonchev–Trinajstić information content (AvgIpc) is 2.47. The lowest BCUT2D eigenvalue weighted by Gasteiger charge is -2.09. The highest BCUT2D eigenvalue weighted by molar-refractivity contribution is 7.90. The van der Waals surface area contributed by atoms with Gasteiger partial charge in [0.15, 0.2) is 0 Å². The summed E-state index contributed by atoms with van der Waals surface area (Å²) in [5.74, 6) is -0.734. The predicted octanol–water partition coefficient (Wildman–Crippen LogP) is 1.99. The van der Waals surface area contributed by atoms with Crippen LogP contribution in [0.25, 0.3) is 0 Å². The highest BCUT2D eigenvalue weighted by Crippen LogP contribution is 2.14. The molecular formula is C15H12N2O3S. The van der Waals surface area contributed by atoms with E-state index in [4.69, 9.17) is 5.26 Å². The Bertz CT molecular complexity index is 819. The highest BCUT2D eigenvalue weighted by atomic mass is 32.2. The first-order valence-corrected chi connectivity index (χ1v) is 7.55. The van der Waals surface area contributed by atoms with Gasteiger partial charge in [-0.25, -0.2) is 13.1 Å². The van der Waals surface area contributed by atoms with Crippen LogP contribution in [0.2, 0.25) is 0 Å². The Morgan fingerprint density at radius 1 is 1.10 bits per heavy atom. The molecule has 2 rings (SSSR count). The number of hydrogen-bond donors (Lipinski definition) is 1. The van der Waals surface area contributed by atoms with E-state index >= 15 is 0 Å². The number of nitrogens with zero attached hydrogens (tertiary/aromatic N) is 1. The molecule has 5 nitrogen and oxygen atoms in total. The van der Waals surface area contributed by atoms with Gasteiger partial charge in [-0.2, -0.15) is 5.26 Å². The molecule has 6 heteroatoms. The second-order valence-corrected chi connectivity index (χ2v) is 6.04. The number of rotatable bonds is 3. The van der Waals surface area contributed by atoms with E-state index in [1.54, 1.807) is 25.1 Å². The molecule has 0 saturated carbocycles. The van der Waals surface area contributed by atoms with Crippen LogP contribution < -0.4 is 4.72 Å². The Morgan fingerprint density at radius 3 is 2.29 bits per heavy atom. The fraction of sp³-hybridized carbons (Fsp3) is 0.0667. The van der Waals surface area contributed by atoms with Gasteiger partial charge < -0.3 is 0 Å². The molecule has 0 bridgehead atoms. The highest BCUT2D eigenvalue weighted by Gasteiger charge is 2.20. The molecule has 0 aliphatic carbocycles. The summed E-state index contributed by atoms with van der Waals surface area (Å²) in [6.07, 6.45) is 0. The van der Waals surface area contributed by atoms with Crippen molar-refractivity contribution in [1.29, 1.82) is 5.26 Å². The van der Waals surface area contributed by atoms with Crippen LogP contribution in [0.3, 0.4) is 0 Å². The van der Waals surface area contributed by atoms with Crippen molar-refractivity contribution in [3.63, 3.8) is 0 Å². The van der Waals surface area contributed by atoms with Crippen LogP contribution in [-0.4, -0.2) is 14.3 Å². The summed E-state index contributed by atoms with van der Waals surface area (Å²) in [6.45, 7) is 1.65. The summed E-state index contributed by atoms with van der Waals surface area (Å²) in [7, 11) is -3.92. The van der Waals surface area contributed by atoms with E-state index in [-0.39, 0.29) is 10.5 Å². The summed E-state index contributed by atoms with van der Waals surface area (Å²) < 4.78 is 26.4. The molecule has 0 aliphatic rings. The van der Waals surface area contributed by atoms with Crippen LogP contribution in [0.1, 0.15) is 21.5 Å². The Morgan fingerprint density at radius 2 is 1.71 bits per heavy atom. The Balaban J connectivity index is 2.26. The summed E-state index contributed by atoms with van der Waals surface area (Å²) in [5, 5.41) is 8.69. The van der Waals surface area contributed by atoms with Gasteiger partial charge in [-0.05, 0) is 42.8 Å². The number of amides is 1. The number of carbonyl (C=O) groups is 1. The quantitative estimate of drug-likeness (QED) is 0.939. The van der Waals surface area contributed by atoms with Crippen molar-refractivity contribution < 1.29 is 13.2 Å². The molecule has 0 heterocycles. The third kappa shape index (κ3) is 3.27. The Hall–Kier alpha value is -2.65. The number of hydrogen-bond acceptors (Lipinski definition) is 4. The van der Waals surface area contributed by atoms with E-state index < -0.39 is 15.9 Å². The zero-order chi connectivity index (χ0) is 15.5. The summed E-state index contributed by atoms with van der Waals surface area (Å²) >= 11 is 0. The zero-order valence-corrected chi connectivity index (χ0v) is 12.0. The van der Waals surface area contributed by atoms with Crippen LogP contribution >= 0.6 is 0 Å². The zero-order valence-electron chi connectivity index (χ0n) is 11.2. The second-order valence-electron chi connectivity index (χ2n) is 4.39. The second kappa shape index (κ2) is 5.77. The lowest BCUT2D eigenvalue weighted by Crippen LogP contribution is -2.31. The molecule has 0 atom stereocenters. The Kier molecular flexibility index (Phi) is 4.05. The van der Waals surface area contributed by atoms with Gasteiger partial charge in [0.05, 0.1) is 16.5 Å². The van der Waals surface area contributed by atoms with Crippen molar-refractivity contribution in [3.05, 3.63) is 65.2 Å². The smallest absolute Gasteiger partial charge is 0.264 e. The molecule has 0 saturated heterocycles. The van der Waals surface area contributed by atoms with Crippen molar-refractivity contribution in [2.75, 3.05) is 0 Å². The normalized spacial score (nSPS) is 10.7. The monoisotopic (exact) mass is 300 g/mol. The number of nitrogens with one attached hydrogen (secondary N) is 1.